The van der Waals surface area contributed by atoms with Crippen LogP contribution in [0.4, 0.5) is 0 Å². The molecule has 112 valence electrons. The van der Waals surface area contributed by atoms with Crippen LogP contribution < -0.4 is 4.72 Å². The minimum Gasteiger partial charge on any atom is -0.264 e. The Labute approximate surface area is 126 Å². The van der Waals surface area contributed by atoms with Gasteiger partial charge >= 0.3 is 0 Å². The summed E-state index contributed by atoms with van der Waals surface area (Å²) in [7, 11) is -3.28. The Morgan fingerprint density at radius 1 is 1.14 bits per heavy atom. The van der Waals surface area contributed by atoms with Crippen molar-refractivity contribution in [2.24, 2.45) is 0 Å². The molecule has 4 nitrogen and oxygen atoms in total. The molecule has 2 rings (SSSR count). The van der Waals surface area contributed by atoms with Crippen LogP contribution in [0.15, 0.2) is 48.8 Å². The van der Waals surface area contributed by atoms with Crippen molar-refractivity contribution in [1.82, 2.24) is 9.71 Å². The van der Waals surface area contributed by atoms with Crippen molar-refractivity contribution in [2.45, 2.75) is 25.5 Å². The van der Waals surface area contributed by atoms with Crippen molar-refractivity contribution >= 4 is 10.0 Å². The number of rotatable bonds is 7. The summed E-state index contributed by atoms with van der Waals surface area (Å²) in [6, 6.07) is 11.4. The lowest BCUT2D eigenvalue weighted by Crippen LogP contribution is -2.26. The molecule has 0 amide bonds. The van der Waals surface area contributed by atoms with Gasteiger partial charge in [-0.2, -0.15) is 0 Å². The predicted molar refractivity (Wildman–Crippen MR) is 84.4 cm³/mol. The van der Waals surface area contributed by atoms with Crippen LogP contribution in [0, 0.1) is 6.92 Å². The van der Waals surface area contributed by atoms with E-state index < -0.39 is 10.0 Å². The van der Waals surface area contributed by atoms with Crippen LogP contribution >= 0.6 is 0 Å². The third-order valence-corrected chi connectivity index (χ3v) is 4.63. The maximum absolute atomic E-state index is 12.0. The maximum Gasteiger partial charge on any atom is 0.215 e. The van der Waals surface area contributed by atoms with E-state index in [0.29, 0.717) is 6.54 Å². The number of nitrogens with one attached hydrogen (secondary N) is 1. The Morgan fingerprint density at radius 2 is 1.95 bits per heavy atom. The summed E-state index contributed by atoms with van der Waals surface area (Å²) in [6.45, 7) is 2.37. The quantitative estimate of drug-likeness (QED) is 0.799. The summed E-state index contributed by atoms with van der Waals surface area (Å²) in [4.78, 5) is 4.04. The molecule has 1 N–H and O–H groups in total. The van der Waals surface area contributed by atoms with Crippen LogP contribution in [-0.4, -0.2) is 19.9 Å². The minimum atomic E-state index is -3.28. The van der Waals surface area contributed by atoms with Gasteiger partial charge in [0, 0.05) is 18.9 Å². The summed E-state index contributed by atoms with van der Waals surface area (Å²) < 4.78 is 26.7. The normalized spacial score (nSPS) is 11.5. The van der Waals surface area contributed by atoms with Crippen LogP contribution in [0.25, 0.3) is 0 Å². The fourth-order valence-electron chi connectivity index (χ4n) is 2.09. The van der Waals surface area contributed by atoms with Crippen LogP contribution in [0.3, 0.4) is 0 Å². The van der Waals surface area contributed by atoms with Crippen LogP contribution in [0.2, 0.25) is 0 Å². The average molecular weight is 304 g/mol. The van der Waals surface area contributed by atoms with E-state index in [1.54, 1.807) is 6.20 Å². The molecule has 0 unspecified atom stereocenters. The zero-order valence-corrected chi connectivity index (χ0v) is 12.9. The number of aryl methyl sites for hydroxylation is 2. The first-order valence-corrected chi connectivity index (χ1v) is 8.63. The molecule has 1 aromatic carbocycles. The van der Waals surface area contributed by atoms with Crippen molar-refractivity contribution in [3.8, 4) is 0 Å². The van der Waals surface area contributed by atoms with Gasteiger partial charge in [0.05, 0.1) is 5.75 Å². The van der Waals surface area contributed by atoms with Gasteiger partial charge in [-0.1, -0.05) is 30.3 Å². The lowest BCUT2D eigenvalue weighted by molar-refractivity contribution is 0.578. The molecule has 0 aliphatic carbocycles. The number of hydrogen-bond donors (Lipinski definition) is 1. The Bertz CT molecular complexity index is 670. The zero-order valence-electron chi connectivity index (χ0n) is 12.1. The summed E-state index contributed by atoms with van der Waals surface area (Å²) in [5.74, 6) is 0.0343. The van der Waals surface area contributed by atoms with Crippen molar-refractivity contribution < 1.29 is 8.42 Å². The van der Waals surface area contributed by atoms with E-state index in [1.165, 1.54) is 0 Å². The molecule has 0 bridgehead atoms. The van der Waals surface area contributed by atoms with Crippen molar-refractivity contribution in [2.75, 3.05) is 6.54 Å². The van der Waals surface area contributed by atoms with Crippen LogP contribution in [0.5, 0.6) is 0 Å². The van der Waals surface area contributed by atoms with Gasteiger partial charge in [0.1, 0.15) is 0 Å². The Hall–Kier alpha value is -1.72. The van der Waals surface area contributed by atoms with E-state index in [1.807, 2.05) is 49.5 Å². The number of aromatic nitrogens is 1. The fraction of sp³-hybridized carbons (Fsp3) is 0.312. The highest BCUT2D eigenvalue weighted by Crippen LogP contribution is 2.10. The summed E-state index contributed by atoms with van der Waals surface area (Å²) in [5.41, 5.74) is 2.96. The fourth-order valence-corrected chi connectivity index (χ4v) is 3.38. The topological polar surface area (TPSA) is 59.1 Å². The third kappa shape index (κ3) is 5.28. The van der Waals surface area contributed by atoms with Gasteiger partial charge in [-0.15, -0.1) is 0 Å². The first-order chi connectivity index (χ1) is 10.1. The second kappa shape index (κ2) is 7.33. The lowest BCUT2D eigenvalue weighted by atomic mass is 10.1. The highest BCUT2D eigenvalue weighted by atomic mass is 32.2. The largest absolute Gasteiger partial charge is 0.264 e. The van der Waals surface area contributed by atoms with E-state index in [4.69, 9.17) is 0 Å². The molecular formula is C16H20N2O2S. The summed E-state index contributed by atoms with van der Waals surface area (Å²) in [5, 5.41) is 0. The van der Waals surface area contributed by atoms with E-state index in [-0.39, 0.29) is 5.75 Å². The SMILES string of the molecule is Cc1ccccc1CS(=O)(=O)NCCCc1cccnc1. The van der Waals surface area contributed by atoms with Gasteiger partial charge in [-0.25, -0.2) is 13.1 Å². The first-order valence-electron chi connectivity index (χ1n) is 6.97. The monoisotopic (exact) mass is 304 g/mol. The molecule has 0 fully saturated rings. The second-order valence-corrected chi connectivity index (χ2v) is 6.85. The molecule has 0 aliphatic rings. The Balaban J connectivity index is 1.81. The molecule has 0 aliphatic heterocycles. The molecule has 0 spiro atoms. The third-order valence-electron chi connectivity index (χ3n) is 3.29. The molecular weight excluding hydrogens is 284 g/mol. The number of hydrogen-bond acceptors (Lipinski definition) is 3. The number of benzene rings is 1. The molecule has 0 atom stereocenters. The van der Waals surface area contributed by atoms with E-state index in [0.717, 1.165) is 29.5 Å². The van der Waals surface area contributed by atoms with Gasteiger partial charge in [0.15, 0.2) is 0 Å². The van der Waals surface area contributed by atoms with E-state index in [9.17, 15) is 8.42 Å². The first kappa shape index (κ1) is 15.7. The highest BCUT2D eigenvalue weighted by Gasteiger charge is 2.12. The maximum atomic E-state index is 12.0. The van der Waals surface area contributed by atoms with Crippen molar-refractivity contribution in [1.29, 1.82) is 0 Å². The second-order valence-electron chi connectivity index (χ2n) is 5.04. The van der Waals surface area contributed by atoms with E-state index in [2.05, 4.69) is 9.71 Å². The standard InChI is InChI=1S/C16H20N2O2S/c1-14-6-2-3-9-16(14)13-21(19,20)18-11-5-8-15-7-4-10-17-12-15/h2-4,6-7,9-10,12,18H,5,8,11,13H2,1H3. The smallest absolute Gasteiger partial charge is 0.215 e. The highest BCUT2D eigenvalue weighted by molar-refractivity contribution is 7.88. The minimum absolute atomic E-state index is 0.0343. The van der Waals surface area contributed by atoms with Gasteiger partial charge in [0.25, 0.3) is 0 Å². The Morgan fingerprint density at radius 3 is 2.67 bits per heavy atom. The molecule has 0 saturated carbocycles. The number of sulfonamides is 1. The van der Waals surface area contributed by atoms with Crippen LogP contribution in [0.1, 0.15) is 23.1 Å². The number of pyridine rings is 1. The zero-order chi connectivity index (χ0) is 15.1. The summed E-state index contributed by atoms with van der Waals surface area (Å²) in [6.07, 6.45) is 5.12. The molecule has 0 radical (unpaired) electrons. The molecule has 5 heteroatoms. The molecule has 2 aromatic rings. The van der Waals surface area contributed by atoms with E-state index >= 15 is 0 Å². The van der Waals surface area contributed by atoms with Crippen molar-refractivity contribution in [3.05, 3.63) is 65.5 Å². The molecule has 0 saturated heterocycles. The molecule has 1 heterocycles. The van der Waals surface area contributed by atoms with Gasteiger partial charge in [0.2, 0.25) is 10.0 Å². The average Bonchev–Trinajstić information content (AvgIpc) is 2.47. The van der Waals surface area contributed by atoms with Gasteiger partial charge in [-0.3, -0.25) is 4.98 Å². The van der Waals surface area contributed by atoms with Crippen LogP contribution in [-0.2, 0) is 22.2 Å². The molecule has 1 aromatic heterocycles. The molecule has 21 heavy (non-hydrogen) atoms. The van der Waals surface area contributed by atoms with Gasteiger partial charge in [-0.05, 0) is 42.5 Å². The van der Waals surface area contributed by atoms with Gasteiger partial charge < -0.3 is 0 Å². The summed E-state index contributed by atoms with van der Waals surface area (Å²) >= 11 is 0. The predicted octanol–water partition coefficient (Wildman–Crippen LogP) is 2.44. The Kier molecular flexibility index (Phi) is 5.47. The number of nitrogens with zero attached hydrogens (tertiary/aromatic N) is 1. The van der Waals surface area contributed by atoms with Crippen molar-refractivity contribution in [3.63, 3.8) is 0 Å². The lowest BCUT2D eigenvalue weighted by Gasteiger charge is -2.08.